The molecule has 0 aromatic carbocycles. The molecule has 0 rings (SSSR count). The maximum absolute atomic E-state index is 11.3. The van der Waals surface area contributed by atoms with Gasteiger partial charge in [0.2, 0.25) is 0 Å². The highest BCUT2D eigenvalue weighted by Gasteiger charge is 2.12. The second-order valence-electron chi connectivity index (χ2n) is 4.56. The van der Waals surface area contributed by atoms with Crippen LogP contribution in [0, 0.1) is 17.8 Å². The van der Waals surface area contributed by atoms with E-state index in [-0.39, 0.29) is 5.92 Å². The average Bonchev–Trinajstić information content (AvgIpc) is 1.84. The molecule has 0 aliphatic heterocycles. The van der Waals surface area contributed by atoms with Crippen molar-refractivity contribution in [2.45, 2.75) is 47.5 Å². The molecule has 0 fully saturated rings. The minimum atomic E-state index is 0.208. The minimum Gasteiger partial charge on any atom is -0.299 e. The van der Waals surface area contributed by atoms with Gasteiger partial charge in [-0.05, 0) is 18.3 Å². The van der Waals surface area contributed by atoms with E-state index in [1.54, 1.807) is 0 Å². The van der Waals surface area contributed by atoms with Crippen LogP contribution in [-0.2, 0) is 4.79 Å². The Hall–Kier alpha value is -0.330. The molecule has 0 heterocycles. The quantitative estimate of drug-likeness (QED) is 0.619. The third kappa shape index (κ3) is 5.34. The van der Waals surface area contributed by atoms with Gasteiger partial charge in [-0.3, -0.25) is 4.79 Å². The maximum Gasteiger partial charge on any atom is 0.135 e. The first kappa shape index (κ1) is 11.7. The van der Waals surface area contributed by atoms with E-state index < -0.39 is 0 Å². The van der Waals surface area contributed by atoms with Crippen LogP contribution >= 0.6 is 0 Å². The minimum absolute atomic E-state index is 0.208. The molecule has 0 bridgehead atoms. The summed E-state index contributed by atoms with van der Waals surface area (Å²) in [6, 6.07) is 0. The molecule has 0 saturated heterocycles. The summed E-state index contributed by atoms with van der Waals surface area (Å²) in [6.45, 7) is 10.5. The van der Waals surface area contributed by atoms with Crippen LogP contribution in [0.15, 0.2) is 0 Å². The Kier molecular flexibility index (Phi) is 5.19. The number of hydrogen-bond acceptors (Lipinski definition) is 1. The van der Waals surface area contributed by atoms with Crippen LogP contribution in [0.25, 0.3) is 0 Å². The molecule has 0 amide bonds. The molecule has 0 aromatic rings. The normalized spacial score (nSPS) is 13.9. The Morgan fingerprint density at radius 1 is 1.08 bits per heavy atom. The number of ketones is 1. The highest BCUT2D eigenvalue weighted by molar-refractivity contribution is 5.80. The fourth-order valence-electron chi connectivity index (χ4n) is 1.47. The first-order chi connectivity index (χ1) is 5.43. The molecule has 0 radical (unpaired) electrons. The van der Waals surface area contributed by atoms with Gasteiger partial charge < -0.3 is 0 Å². The molecule has 0 aromatic heterocycles. The van der Waals surface area contributed by atoms with E-state index in [0.29, 0.717) is 17.6 Å². The Bertz CT molecular complexity index is 136. The lowest BCUT2D eigenvalue weighted by Crippen LogP contribution is -2.12. The molecular weight excluding hydrogens is 148 g/mol. The van der Waals surface area contributed by atoms with Crippen molar-refractivity contribution in [3.05, 3.63) is 0 Å². The molecular formula is C11H22O. The van der Waals surface area contributed by atoms with Crippen LogP contribution in [0.5, 0.6) is 0 Å². The van der Waals surface area contributed by atoms with Gasteiger partial charge in [-0.15, -0.1) is 0 Å². The van der Waals surface area contributed by atoms with Crippen molar-refractivity contribution >= 4 is 5.78 Å². The highest BCUT2D eigenvalue weighted by Crippen LogP contribution is 2.16. The summed E-state index contributed by atoms with van der Waals surface area (Å²) >= 11 is 0. The van der Waals surface area contributed by atoms with Crippen LogP contribution in [0.2, 0.25) is 0 Å². The van der Waals surface area contributed by atoms with E-state index in [2.05, 4.69) is 20.8 Å². The van der Waals surface area contributed by atoms with E-state index in [4.69, 9.17) is 0 Å². The maximum atomic E-state index is 11.3. The van der Waals surface area contributed by atoms with Gasteiger partial charge in [0.25, 0.3) is 0 Å². The van der Waals surface area contributed by atoms with Crippen LogP contribution in [-0.4, -0.2) is 5.78 Å². The van der Waals surface area contributed by atoms with Gasteiger partial charge in [0.05, 0.1) is 0 Å². The summed E-state index contributed by atoms with van der Waals surface area (Å²) in [5.41, 5.74) is 0. The zero-order chi connectivity index (χ0) is 9.72. The standard InChI is InChI=1S/C11H22O/c1-8(2)6-10(5)7-11(12)9(3)4/h8-10H,6-7H2,1-5H3/t10-/m1/s1. The van der Waals surface area contributed by atoms with E-state index in [9.17, 15) is 4.79 Å². The van der Waals surface area contributed by atoms with Crippen molar-refractivity contribution in [3.8, 4) is 0 Å². The monoisotopic (exact) mass is 170 g/mol. The molecule has 0 saturated carbocycles. The van der Waals surface area contributed by atoms with E-state index in [1.165, 1.54) is 6.42 Å². The molecule has 0 N–H and O–H groups in total. The Morgan fingerprint density at radius 2 is 1.58 bits per heavy atom. The van der Waals surface area contributed by atoms with Gasteiger partial charge in [0, 0.05) is 12.3 Å². The average molecular weight is 170 g/mol. The Labute approximate surface area is 76.6 Å². The smallest absolute Gasteiger partial charge is 0.135 e. The number of carbonyl (C=O) groups excluding carboxylic acids is 1. The third-order valence-corrected chi connectivity index (χ3v) is 2.07. The SMILES string of the molecule is CC(C)C[C@@H](C)CC(=O)C(C)C. The molecule has 1 nitrogen and oxygen atoms in total. The zero-order valence-electron chi connectivity index (χ0n) is 9.05. The molecule has 0 aliphatic carbocycles. The van der Waals surface area contributed by atoms with Gasteiger partial charge in [0.15, 0.2) is 0 Å². The Balaban J connectivity index is 3.69. The summed E-state index contributed by atoms with van der Waals surface area (Å²) in [5, 5.41) is 0. The van der Waals surface area contributed by atoms with Crippen LogP contribution in [0.3, 0.4) is 0 Å². The largest absolute Gasteiger partial charge is 0.299 e. The van der Waals surface area contributed by atoms with E-state index >= 15 is 0 Å². The first-order valence-corrected chi connectivity index (χ1v) is 4.96. The second kappa shape index (κ2) is 5.34. The van der Waals surface area contributed by atoms with Crippen LogP contribution in [0.1, 0.15) is 47.5 Å². The van der Waals surface area contributed by atoms with Crippen molar-refractivity contribution in [1.29, 1.82) is 0 Å². The summed E-state index contributed by atoms with van der Waals surface area (Å²) in [6.07, 6.45) is 1.92. The van der Waals surface area contributed by atoms with Crippen molar-refractivity contribution < 1.29 is 4.79 Å². The van der Waals surface area contributed by atoms with Crippen molar-refractivity contribution in [2.24, 2.45) is 17.8 Å². The lowest BCUT2D eigenvalue weighted by Gasteiger charge is -2.13. The highest BCUT2D eigenvalue weighted by atomic mass is 16.1. The first-order valence-electron chi connectivity index (χ1n) is 4.96. The summed E-state index contributed by atoms with van der Waals surface area (Å²) in [7, 11) is 0. The topological polar surface area (TPSA) is 17.1 Å². The number of Topliss-reactive ketones (excluding diaryl/α,β-unsaturated/α-hetero) is 1. The lowest BCUT2D eigenvalue weighted by molar-refractivity contribution is -0.122. The van der Waals surface area contributed by atoms with Gasteiger partial charge in [-0.25, -0.2) is 0 Å². The molecule has 12 heavy (non-hydrogen) atoms. The van der Waals surface area contributed by atoms with E-state index in [1.807, 2.05) is 13.8 Å². The van der Waals surface area contributed by atoms with Gasteiger partial charge in [0.1, 0.15) is 5.78 Å². The van der Waals surface area contributed by atoms with Gasteiger partial charge in [-0.2, -0.15) is 0 Å². The molecule has 0 unspecified atom stereocenters. The Morgan fingerprint density at radius 3 is 1.92 bits per heavy atom. The van der Waals surface area contributed by atoms with Gasteiger partial charge in [-0.1, -0.05) is 34.6 Å². The molecule has 1 heteroatoms. The predicted molar refractivity (Wildman–Crippen MR) is 53.1 cm³/mol. The summed E-state index contributed by atoms with van der Waals surface area (Å²) in [4.78, 5) is 11.3. The molecule has 1 atom stereocenters. The van der Waals surface area contributed by atoms with Crippen molar-refractivity contribution in [3.63, 3.8) is 0 Å². The number of carbonyl (C=O) groups is 1. The van der Waals surface area contributed by atoms with Crippen molar-refractivity contribution in [2.75, 3.05) is 0 Å². The summed E-state index contributed by atoms with van der Waals surface area (Å²) < 4.78 is 0. The number of rotatable bonds is 5. The van der Waals surface area contributed by atoms with Crippen LogP contribution in [0.4, 0.5) is 0 Å². The van der Waals surface area contributed by atoms with Gasteiger partial charge >= 0.3 is 0 Å². The predicted octanol–water partition coefficient (Wildman–Crippen LogP) is 3.28. The molecule has 0 aliphatic rings. The molecule has 0 spiro atoms. The zero-order valence-corrected chi connectivity index (χ0v) is 9.05. The third-order valence-electron chi connectivity index (χ3n) is 2.07. The fraction of sp³-hybridized carbons (Fsp3) is 0.909. The fourth-order valence-corrected chi connectivity index (χ4v) is 1.47. The van der Waals surface area contributed by atoms with E-state index in [0.717, 1.165) is 6.42 Å². The van der Waals surface area contributed by atoms with Crippen molar-refractivity contribution in [1.82, 2.24) is 0 Å². The number of hydrogen-bond donors (Lipinski definition) is 0. The molecule has 72 valence electrons. The summed E-state index contributed by atoms with van der Waals surface area (Å²) in [5.74, 6) is 1.88. The lowest BCUT2D eigenvalue weighted by atomic mass is 9.91. The van der Waals surface area contributed by atoms with Crippen LogP contribution < -0.4 is 0 Å². The second-order valence-corrected chi connectivity index (χ2v) is 4.56.